The van der Waals surface area contributed by atoms with E-state index in [0.717, 1.165) is 16.5 Å². The molecule has 4 nitrogen and oxygen atoms in total. The summed E-state index contributed by atoms with van der Waals surface area (Å²) in [4.78, 5) is 11.8. The van der Waals surface area contributed by atoms with Crippen molar-refractivity contribution < 1.29 is 9.32 Å². The SMILES string of the molecule is O=C(Nc1ccc2ccccc2c1)c1ccno1. The van der Waals surface area contributed by atoms with Crippen LogP contribution >= 0.6 is 0 Å². The number of nitrogens with zero attached hydrogens (tertiary/aromatic N) is 1. The van der Waals surface area contributed by atoms with Gasteiger partial charge in [-0.05, 0) is 22.9 Å². The van der Waals surface area contributed by atoms with E-state index in [2.05, 4.69) is 10.5 Å². The molecule has 1 N–H and O–H groups in total. The van der Waals surface area contributed by atoms with Crippen LogP contribution in [0.1, 0.15) is 10.6 Å². The fourth-order valence-corrected chi connectivity index (χ4v) is 1.79. The Morgan fingerprint density at radius 2 is 1.89 bits per heavy atom. The van der Waals surface area contributed by atoms with Gasteiger partial charge >= 0.3 is 0 Å². The monoisotopic (exact) mass is 238 g/mol. The van der Waals surface area contributed by atoms with Crippen LogP contribution in [-0.4, -0.2) is 11.1 Å². The molecule has 0 aliphatic heterocycles. The zero-order valence-electron chi connectivity index (χ0n) is 9.46. The van der Waals surface area contributed by atoms with Crippen LogP contribution in [0.15, 0.2) is 59.3 Å². The third-order valence-corrected chi connectivity index (χ3v) is 2.67. The molecule has 0 bridgehead atoms. The molecule has 0 fully saturated rings. The van der Waals surface area contributed by atoms with Gasteiger partial charge in [-0.25, -0.2) is 0 Å². The number of anilines is 1. The number of carbonyl (C=O) groups excluding carboxylic acids is 1. The van der Waals surface area contributed by atoms with Crippen LogP contribution in [0.25, 0.3) is 10.8 Å². The van der Waals surface area contributed by atoms with Crippen LogP contribution in [-0.2, 0) is 0 Å². The van der Waals surface area contributed by atoms with E-state index in [4.69, 9.17) is 4.52 Å². The number of aromatic nitrogens is 1. The van der Waals surface area contributed by atoms with E-state index in [-0.39, 0.29) is 11.7 Å². The number of hydrogen-bond acceptors (Lipinski definition) is 3. The number of hydrogen-bond donors (Lipinski definition) is 1. The predicted molar refractivity (Wildman–Crippen MR) is 68.4 cm³/mol. The Bertz CT molecular complexity index is 690. The highest BCUT2D eigenvalue weighted by Gasteiger charge is 2.09. The molecule has 0 atom stereocenters. The fourth-order valence-electron chi connectivity index (χ4n) is 1.79. The molecule has 0 unspecified atom stereocenters. The van der Waals surface area contributed by atoms with Gasteiger partial charge in [0.05, 0.1) is 6.20 Å². The Kier molecular flexibility index (Phi) is 2.53. The second-order valence-electron chi connectivity index (χ2n) is 3.89. The number of fused-ring (bicyclic) bond motifs is 1. The van der Waals surface area contributed by atoms with E-state index in [9.17, 15) is 4.79 Å². The van der Waals surface area contributed by atoms with E-state index >= 15 is 0 Å². The Hall–Kier alpha value is -2.62. The van der Waals surface area contributed by atoms with Crippen molar-refractivity contribution in [3.63, 3.8) is 0 Å². The summed E-state index contributed by atoms with van der Waals surface area (Å²) in [5.41, 5.74) is 0.732. The molecule has 3 aromatic rings. The van der Waals surface area contributed by atoms with Crippen molar-refractivity contribution >= 4 is 22.4 Å². The second kappa shape index (κ2) is 4.33. The maximum Gasteiger partial charge on any atom is 0.294 e. The molecule has 0 saturated carbocycles. The van der Waals surface area contributed by atoms with Gasteiger partial charge in [0.1, 0.15) is 0 Å². The van der Waals surface area contributed by atoms with E-state index < -0.39 is 0 Å². The van der Waals surface area contributed by atoms with Crippen molar-refractivity contribution in [1.82, 2.24) is 5.16 Å². The lowest BCUT2D eigenvalue weighted by Crippen LogP contribution is -2.10. The lowest BCUT2D eigenvalue weighted by molar-refractivity contribution is 0.0988. The normalized spacial score (nSPS) is 10.4. The summed E-state index contributed by atoms with van der Waals surface area (Å²) in [7, 11) is 0. The number of benzene rings is 2. The first-order valence-corrected chi connectivity index (χ1v) is 5.54. The van der Waals surface area contributed by atoms with Crippen LogP contribution in [0.4, 0.5) is 5.69 Å². The minimum atomic E-state index is -0.303. The van der Waals surface area contributed by atoms with Gasteiger partial charge in [-0.15, -0.1) is 0 Å². The zero-order chi connectivity index (χ0) is 12.4. The maximum atomic E-state index is 11.8. The largest absolute Gasteiger partial charge is 0.351 e. The smallest absolute Gasteiger partial charge is 0.294 e. The molecule has 88 valence electrons. The summed E-state index contributed by atoms with van der Waals surface area (Å²) in [6.07, 6.45) is 1.44. The molecule has 2 aromatic carbocycles. The number of rotatable bonds is 2. The average Bonchev–Trinajstić information content (AvgIpc) is 2.92. The van der Waals surface area contributed by atoms with Crippen molar-refractivity contribution in [2.24, 2.45) is 0 Å². The van der Waals surface area contributed by atoms with Gasteiger partial charge < -0.3 is 9.84 Å². The van der Waals surface area contributed by atoms with Crippen molar-refractivity contribution in [3.8, 4) is 0 Å². The second-order valence-corrected chi connectivity index (χ2v) is 3.89. The van der Waals surface area contributed by atoms with Crippen LogP contribution in [0.2, 0.25) is 0 Å². The number of amides is 1. The Labute approximate surface area is 103 Å². The van der Waals surface area contributed by atoms with Crippen molar-refractivity contribution in [2.75, 3.05) is 5.32 Å². The quantitative estimate of drug-likeness (QED) is 0.746. The van der Waals surface area contributed by atoms with Crippen LogP contribution in [0.3, 0.4) is 0 Å². The Morgan fingerprint density at radius 3 is 2.67 bits per heavy atom. The molecule has 0 spiro atoms. The molecule has 0 radical (unpaired) electrons. The third kappa shape index (κ3) is 1.96. The summed E-state index contributed by atoms with van der Waals surface area (Å²) in [6, 6.07) is 15.2. The first-order valence-electron chi connectivity index (χ1n) is 5.54. The lowest BCUT2D eigenvalue weighted by Gasteiger charge is -2.04. The maximum absolute atomic E-state index is 11.8. The number of carbonyl (C=O) groups is 1. The molecule has 0 aliphatic carbocycles. The molecular weight excluding hydrogens is 228 g/mol. The van der Waals surface area contributed by atoms with Crippen LogP contribution in [0, 0.1) is 0 Å². The molecule has 3 rings (SSSR count). The summed E-state index contributed by atoms with van der Waals surface area (Å²) in [5.74, 6) is -0.106. The van der Waals surface area contributed by atoms with Gasteiger partial charge in [0.15, 0.2) is 0 Å². The molecule has 0 aliphatic rings. The van der Waals surface area contributed by atoms with Gasteiger partial charge in [0.25, 0.3) is 5.91 Å². The standard InChI is InChI=1S/C14H10N2O2/c17-14(13-7-8-15-18-13)16-12-6-5-10-3-1-2-4-11(10)9-12/h1-9H,(H,16,17). The van der Waals surface area contributed by atoms with Gasteiger partial charge in [-0.3, -0.25) is 4.79 Å². The molecule has 1 aromatic heterocycles. The number of nitrogens with one attached hydrogen (secondary N) is 1. The first kappa shape index (κ1) is 10.5. The summed E-state index contributed by atoms with van der Waals surface area (Å²) < 4.78 is 4.79. The first-order chi connectivity index (χ1) is 8.83. The fraction of sp³-hybridized carbons (Fsp3) is 0. The molecule has 18 heavy (non-hydrogen) atoms. The lowest BCUT2D eigenvalue weighted by atomic mass is 10.1. The van der Waals surface area contributed by atoms with Crippen LogP contribution in [0.5, 0.6) is 0 Å². The van der Waals surface area contributed by atoms with Gasteiger partial charge in [0.2, 0.25) is 5.76 Å². The summed E-state index contributed by atoms with van der Waals surface area (Å²) in [6.45, 7) is 0. The molecular formula is C14H10N2O2. The topological polar surface area (TPSA) is 55.1 Å². The van der Waals surface area contributed by atoms with E-state index in [1.165, 1.54) is 12.3 Å². The van der Waals surface area contributed by atoms with Crippen molar-refractivity contribution in [2.45, 2.75) is 0 Å². The van der Waals surface area contributed by atoms with E-state index in [1.807, 2.05) is 42.5 Å². The Morgan fingerprint density at radius 1 is 1.06 bits per heavy atom. The van der Waals surface area contributed by atoms with E-state index in [0.29, 0.717) is 0 Å². The zero-order valence-corrected chi connectivity index (χ0v) is 9.46. The average molecular weight is 238 g/mol. The highest BCUT2D eigenvalue weighted by atomic mass is 16.5. The van der Waals surface area contributed by atoms with Crippen LogP contribution < -0.4 is 5.32 Å². The third-order valence-electron chi connectivity index (χ3n) is 2.67. The highest BCUT2D eigenvalue weighted by Crippen LogP contribution is 2.19. The molecule has 1 heterocycles. The molecule has 0 saturated heterocycles. The van der Waals surface area contributed by atoms with Gasteiger partial charge in [0, 0.05) is 11.8 Å². The van der Waals surface area contributed by atoms with E-state index in [1.54, 1.807) is 0 Å². The minimum absolute atomic E-state index is 0.197. The molecule has 4 heteroatoms. The van der Waals surface area contributed by atoms with Gasteiger partial charge in [-0.2, -0.15) is 0 Å². The van der Waals surface area contributed by atoms with Crippen molar-refractivity contribution in [1.29, 1.82) is 0 Å². The minimum Gasteiger partial charge on any atom is -0.351 e. The van der Waals surface area contributed by atoms with Crippen molar-refractivity contribution in [3.05, 3.63) is 60.5 Å². The summed E-state index contributed by atoms with van der Waals surface area (Å²) in [5, 5.41) is 8.47. The Balaban J connectivity index is 1.89. The highest BCUT2D eigenvalue weighted by molar-refractivity contribution is 6.03. The summed E-state index contributed by atoms with van der Waals surface area (Å²) >= 11 is 0. The van der Waals surface area contributed by atoms with Gasteiger partial charge in [-0.1, -0.05) is 35.5 Å². The molecule has 1 amide bonds. The predicted octanol–water partition coefficient (Wildman–Crippen LogP) is 3.08.